The van der Waals surface area contributed by atoms with Crippen molar-refractivity contribution in [2.45, 2.75) is 39.7 Å². The van der Waals surface area contributed by atoms with Crippen molar-refractivity contribution in [3.05, 3.63) is 16.9 Å². The molecule has 1 saturated heterocycles. The second-order valence-electron chi connectivity index (χ2n) is 6.62. The molecule has 0 unspecified atom stereocenters. The van der Waals surface area contributed by atoms with Gasteiger partial charge in [-0.3, -0.25) is 0 Å². The van der Waals surface area contributed by atoms with Gasteiger partial charge in [-0.05, 0) is 46.1 Å². The van der Waals surface area contributed by atoms with Gasteiger partial charge in [0.15, 0.2) is 0 Å². The second-order valence-corrected chi connectivity index (χ2v) is 7.00. The predicted octanol–water partition coefficient (Wildman–Crippen LogP) is 2.79. The number of nitrogens with zero attached hydrogens (tertiary/aromatic N) is 3. The van der Waals surface area contributed by atoms with Crippen LogP contribution in [0.2, 0.25) is 5.15 Å². The van der Waals surface area contributed by atoms with Crippen LogP contribution in [0.4, 0.5) is 10.7 Å². The fourth-order valence-electron chi connectivity index (χ4n) is 2.38. The molecule has 0 spiro atoms. The lowest BCUT2D eigenvalue weighted by molar-refractivity contribution is 0.0520. The Balaban J connectivity index is 1.84. The molecule has 0 aliphatic carbocycles. The zero-order valence-corrected chi connectivity index (χ0v) is 14.3. The molecule has 1 atom stereocenters. The number of halogens is 1. The number of aromatic nitrogens is 2. The number of rotatable bonds is 3. The van der Waals surface area contributed by atoms with Crippen LogP contribution < -0.4 is 10.2 Å². The quantitative estimate of drug-likeness (QED) is 0.865. The normalized spacial score (nSPS) is 18.4. The molecule has 1 aliphatic rings. The van der Waals surface area contributed by atoms with Crippen molar-refractivity contribution in [1.82, 2.24) is 15.3 Å². The van der Waals surface area contributed by atoms with Crippen LogP contribution >= 0.6 is 11.6 Å². The van der Waals surface area contributed by atoms with Gasteiger partial charge in [0, 0.05) is 25.3 Å². The van der Waals surface area contributed by atoms with E-state index in [0.29, 0.717) is 23.6 Å². The summed E-state index contributed by atoms with van der Waals surface area (Å²) < 4.78 is 5.23. The monoisotopic (exact) mass is 326 g/mol. The average molecular weight is 327 g/mol. The molecule has 6 nitrogen and oxygen atoms in total. The lowest BCUT2D eigenvalue weighted by Crippen LogP contribution is -2.36. The van der Waals surface area contributed by atoms with Gasteiger partial charge in [-0.25, -0.2) is 14.8 Å². The summed E-state index contributed by atoms with van der Waals surface area (Å²) in [5.41, 5.74) is 0.378. The summed E-state index contributed by atoms with van der Waals surface area (Å²) in [7, 11) is 0. The highest BCUT2D eigenvalue weighted by molar-refractivity contribution is 6.29. The first kappa shape index (κ1) is 16.8. The van der Waals surface area contributed by atoms with E-state index in [1.807, 2.05) is 27.7 Å². The molecule has 2 heterocycles. The maximum atomic E-state index is 11.7. The maximum Gasteiger partial charge on any atom is 0.407 e. The summed E-state index contributed by atoms with van der Waals surface area (Å²) in [4.78, 5) is 22.4. The lowest BCUT2D eigenvalue weighted by atomic mass is 10.1. The van der Waals surface area contributed by atoms with E-state index in [0.717, 1.165) is 25.2 Å². The van der Waals surface area contributed by atoms with Crippen LogP contribution in [-0.4, -0.2) is 41.3 Å². The van der Waals surface area contributed by atoms with Crippen molar-refractivity contribution < 1.29 is 9.53 Å². The van der Waals surface area contributed by atoms with Crippen LogP contribution in [0.25, 0.3) is 0 Å². The number of nitrogens with one attached hydrogen (secondary N) is 1. The minimum Gasteiger partial charge on any atom is -0.444 e. The molecule has 1 amide bonds. The first-order valence-electron chi connectivity index (χ1n) is 7.46. The minimum absolute atomic E-state index is 0.357. The fourth-order valence-corrected chi connectivity index (χ4v) is 2.61. The Kier molecular flexibility index (Phi) is 5.11. The third-order valence-corrected chi connectivity index (χ3v) is 3.51. The van der Waals surface area contributed by atoms with Gasteiger partial charge < -0.3 is 15.0 Å². The zero-order chi connectivity index (χ0) is 16.3. The Morgan fingerprint density at radius 1 is 1.50 bits per heavy atom. The first-order chi connectivity index (χ1) is 10.2. The highest BCUT2D eigenvalue weighted by atomic mass is 35.5. The number of aryl methyl sites for hydroxylation is 1. The van der Waals surface area contributed by atoms with Crippen molar-refractivity contribution in [3.8, 4) is 0 Å². The summed E-state index contributed by atoms with van der Waals surface area (Å²) in [6.07, 6.45) is 0.603. The number of hydrogen-bond acceptors (Lipinski definition) is 5. The van der Waals surface area contributed by atoms with Crippen molar-refractivity contribution >= 4 is 23.6 Å². The van der Waals surface area contributed by atoms with E-state index in [4.69, 9.17) is 16.3 Å². The minimum atomic E-state index is -0.474. The summed E-state index contributed by atoms with van der Waals surface area (Å²) >= 11 is 5.98. The molecule has 1 fully saturated rings. The van der Waals surface area contributed by atoms with Crippen LogP contribution in [0.5, 0.6) is 0 Å². The summed E-state index contributed by atoms with van der Waals surface area (Å²) in [6, 6.07) is 1.74. The number of ether oxygens (including phenoxy) is 1. The Morgan fingerprint density at radius 3 is 2.86 bits per heavy atom. The highest BCUT2D eigenvalue weighted by Crippen LogP contribution is 2.22. The molecular weight excluding hydrogens is 304 g/mol. The molecule has 1 N–H and O–H groups in total. The van der Waals surface area contributed by atoms with Crippen LogP contribution in [0.1, 0.15) is 32.9 Å². The third kappa shape index (κ3) is 5.02. The van der Waals surface area contributed by atoms with Gasteiger partial charge in [-0.15, -0.1) is 0 Å². The van der Waals surface area contributed by atoms with Crippen molar-refractivity contribution in [3.63, 3.8) is 0 Å². The van der Waals surface area contributed by atoms with E-state index in [-0.39, 0.29) is 6.09 Å². The number of carbonyl (C=O) groups is 1. The molecular formula is C15H23ClN4O2. The van der Waals surface area contributed by atoms with Gasteiger partial charge in [0.2, 0.25) is 5.95 Å². The number of anilines is 1. The Morgan fingerprint density at radius 2 is 2.23 bits per heavy atom. The topological polar surface area (TPSA) is 67.4 Å². The van der Waals surface area contributed by atoms with Crippen molar-refractivity contribution in [1.29, 1.82) is 0 Å². The molecule has 122 valence electrons. The highest BCUT2D eigenvalue weighted by Gasteiger charge is 2.26. The summed E-state index contributed by atoms with van der Waals surface area (Å²) in [5.74, 6) is 1.01. The number of hydrogen-bond donors (Lipinski definition) is 1. The molecule has 0 saturated carbocycles. The van der Waals surface area contributed by atoms with Crippen molar-refractivity contribution in [2.75, 3.05) is 24.5 Å². The molecule has 0 aromatic carbocycles. The predicted molar refractivity (Wildman–Crippen MR) is 86.3 cm³/mol. The van der Waals surface area contributed by atoms with Crippen LogP contribution in [0.3, 0.4) is 0 Å². The zero-order valence-electron chi connectivity index (χ0n) is 13.5. The Hall–Kier alpha value is -1.56. The van der Waals surface area contributed by atoms with E-state index >= 15 is 0 Å². The van der Waals surface area contributed by atoms with E-state index in [9.17, 15) is 4.79 Å². The molecule has 1 aromatic heterocycles. The molecule has 1 aromatic rings. The van der Waals surface area contributed by atoms with Crippen LogP contribution in [0, 0.1) is 12.8 Å². The molecule has 2 rings (SSSR count). The lowest BCUT2D eigenvalue weighted by Gasteiger charge is -2.21. The van der Waals surface area contributed by atoms with Gasteiger partial charge in [-0.2, -0.15) is 0 Å². The summed E-state index contributed by atoms with van der Waals surface area (Å²) in [6.45, 7) is 9.70. The van der Waals surface area contributed by atoms with Gasteiger partial charge in [-0.1, -0.05) is 11.6 Å². The molecule has 22 heavy (non-hydrogen) atoms. The van der Waals surface area contributed by atoms with E-state index < -0.39 is 5.60 Å². The second kappa shape index (κ2) is 6.69. The van der Waals surface area contributed by atoms with Crippen LogP contribution in [0.15, 0.2) is 6.07 Å². The number of alkyl carbamates (subject to hydrolysis) is 1. The maximum absolute atomic E-state index is 11.7. The number of carbonyl (C=O) groups excluding carboxylic acids is 1. The Bertz CT molecular complexity index is 525. The van der Waals surface area contributed by atoms with Gasteiger partial charge in [0.25, 0.3) is 0 Å². The molecule has 0 radical (unpaired) electrons. The van der Waals surface area contributed by atoms with Crippen LogP contribution in [-0.2, 0) is 4.74 Å². The largest absolute Gasteiger partial charge is 0.444 e. The SMILES string of the molecule is Cc1cc(Cl)nc(N2CC[C@@H](CNC(=O)OC(C)(C)C)C2)n1. The third-order valence-electron chi connectivity index (χ3n) is 3.31. The Labute approximate surface area is 136 Å². The van der Waals surface area contributed by atoms with Gasteiger partial charge >= 0.3 is 6.09 Å². The number of amides is 1. The molecule has 7 heteroatoms. The fraction of sp³-hybridized carbons (Fsp3) is 0.667. The average Bonchev–Trinajstić information content (AvgIpc) is 2.82. The molecule has 0 bridgehead atoms. The standard InChI is InChI=1S/C15H23ClN4O2/c1-10-7-12(16)19-13(18-10)20-6-5-11(9-20)8-17-14(21)22-15(2,3)4/h7,11H,5-6,8-9H2,1-4H3,(H,17,21)/t11-/m0/s1. The van der Waals surface area contributed by atoms with E-state index in [1.54, 1.807) is 6.07 Å². The first-order valence-corrected chi connectivity index (χ1v) is 7.84. The van der Waals surface area contributed by atoms with E-state index in [1.165, 1.54) is 0 Å². The smallest absolute Gasteiger partial charge is 0.407 e. The molecule has 1 aliphatic heterocycles. The van der Waals surface area contributed by atoms with E-state index in [2.05, 4.69) is 20.2 Å². The summed E-state index contributed by atoms with van der Waals surface area (Å²) in [5, 5.41) is 3.28. The van der Waals surface area contributed by atoms with Gasteiger partial charge in [0.1, 0.15) is 10.8 Å². The van der Waals surface area contributed by atoms with Gasteiger partial charge in [0.05, 0.1) is 0 Å². The van der Waals surface area contributed by atoms with Crippen molar-refractivity contribution in [2.24, 2.45) is 5.92 Å².